The Labute approximate surface area is 216 Å². The van der Waals surface area contributed by atoms with Crippen LogP contribution in [0.3, 0.4) is 0 Å². The fourth-order valence-electron chi connectivity index (χ4n) is 4.91. The summed E-state index contributed by atoms with van der Waals surface area (Å²) >= 11 is 0. The number of aryl methyl sites for hydroxylation is 1. The molecule has 1 atom stereocenters. The average molecular weight is 526 g/mol. The first kappa shape index (κ1) is 25.5. The highest BCUT2D eigenvalue weighted by Crippen LogP contribution is 2.32. The van der Waals surface area contributed by atoms with E-state index in [1.54, 1.807) is 42.6 Å². The number of aromatic nitrogens is 4. The van der Waals surface area contributed by atoms with Gasteiger partial charge in [-0.15, -0.1) is 0 Å². The molecule has 0 bridgehead atoms. The van der Waals surface area contributed by atoms with Gasteiger partial charge in [-0.25, -0.2) is 19.3 Å². The molecule has 1 aromatic carbocycles. The average Bonchev–Trinajstić information content (AvgIpc) is 3.18. The number of para-hydroxylation sites is 1. The molecule has 3 aromatic heterocycles. The van der Waals surface area contributed by atoms with Gasteiger partial charge in [0.2, 0.25) is 5.95 Å². The number of anilines is 1. The van der Waals surface area contributed by atoms with Crippen molar-refractivity contribution in [2.24, 2.45) is 5.41 Å². The molecule has 1 aliphatic rings. The molecule has 38 heavy (non-hydrogen) atoms. The first-order valence-electron chi connectivity index (χ1n) is 12.2. The topological polar surface area (TPSA) is 92.9 Å². The van der Waals surface area contributed by atoms with E-state index in [9.17, 15) is 18.7 Å². The van der Waals surface area contributed by atoms with Crippen molar-refractivity contribution in [2.75, 3.05) is 18.0 Å². The summed E-state index contributed by atoms with van der Waals surface area (Å²) in [5.41, 5.74) is 2.05. The predicted octanol–water partition coefficient (Wildman–Crippen LogP) is 5.12. The van der Waals surface area contributed by atoms with E-state index in [4.69, 9.17) is 0 Å². The number of nitrogens with zero attached hydrogens (tertiary/aromatic N) is 5. The van der Waals surface area contributed by atoms with Gasteiger partial charge in [0.25, 0.3) is 0 Å². The summed E-state index contributed by atoms with van der Waals surface area (Å²) in [6.07, 6.45) is 6.13. The zero-order valence-corrected chi connectivity index (χ0v) is 20.9. The Kier molecular flexibility index (Phi) is 6.68. The highest BCUT2D eigenvalue weighted by Gasteiger charge is 2.38. The van der Waals surface area contributed by atoms with Crippen molar-refractivity contribution in [3.63, 3.8) is 0 Å². The Balaban J connectivity index is 1.46. The van der Waals surface area contributed by atoms with Crippen molar-refractivity contribution < 1.29 is 27.8 Å². The quantitative estimate of drug-likeness (QED) is 0.358. The van der Waals surface area contributed by atoms with Gasteiger partial charge in [0, 0.05) is 66.6 Å². The molecule has 0 radical (unpaired) electrons. The van der Waals surface area contributed by atoms with Crippen LogP contribution in [-0.2, 0) is 11.2 Å². The molecule has 198 valence electrons. The fraction of sp³-hybridized carbons (Fsp3) is 0.333. The summed E-state index contributed by atoms with van der Waals surface area (Å²) in [5.74, 6) is -0.913. The first-order chi connectivity index (χ1) is 18.1. The molecule has 8 nitrogen and oxygen atoms in total. The van der Waals surface area contributed by atoms with Crippen molar-refractivity contribution >= 4 is 17.6 Å². The molecule has 5 rings (SSSR count). The molecule has 0 amide bonds. The van der Waals surface area contributed by atoms with E-state index in [1.807, 2.05) is 4.90 Å². The monoisotopic (exact) mass is 525 g/mol. The van der Waals surface area contributed by atoms with Gasteiger partial charge in [-0.3, -0.25) is 4.79 Å². The number of carboxylic acid groups (broad SMARTS) is 1. The molecule has 11 heteroatoms. The van der Waals surface area contributed by atoms with Gasteiger partial charge in [0.15, 0.2) is 0 Å². The van der Waals surface area contributed by atoms with Crippen LogP contribution >= 0.6 is 0 Å². The van der Waals surface area contributed by atoms with Gasteiger partial charge < -0.3 is 19.1 Å². The first-order valence-corrected chi connectivity index (χ1v) is 12.2. The van der Waals surface area contributed by atoms with E-state index >= 15 is 4.39 Å². The van der Waals surface area contributed by atoms with E-state index in [0.717, 1.165) is 0 Å². The van der Waals surface area contributed by atoms with Crippen LogP contribution in [0.1, 0.15) is 36.7 Å². The van der Waals surface area contributed by atoms with Crippen LogP contribution < -0.4 is 9.64 Å². The fourth-order valence-corrected chi connectivity index (χ4v) is 4.91. The maximum Gasteiger partial charge on any atom is 0.387 e. The number of benzene rings is 1. The molecule has 0 saturated carbocycles. The minimum Gasteiger partial charge on any atom is -0.481 e. The summed E-state index contributed by atoms with van der Waals surface area (Å²) in [7, 11) is 0. The Bertz CT molecular complexity index is 1490. The lowest BCUT2D eigenvalue weighted by atomic mass is 9.82. The largest absolute Gasteiger partial charge is 0.481 e. The second kappa shape index (κ2) is 9.96. The zero-order valence-electron chi connectivity index (χ0n) is 20.9. The van der Waals surface area contributed by atoms with E-state index in [-0.39, 0.29) is 24.3 Å². The Morgan fingerprint density at radius 2 is 1.97 bits per heavy atom. The maximum atomic E-state index is 15.1. The van der Waals surface area contributed by atoms with Crippen LogP contribution in [0.2, 0.25) is 0 Å². The number of alkyl halides is 2. The normalized spacial score (nSPS) is 17.8. The molecule has 1 unspecified atom stereocenters. The third-order valence-corrected chi connectivity index (χ3v) is 7.00. The van der Waals surface area contributed by atoms with Crippen molar-refractivity contribution in [3.05, 3.63) is 71.7 Å². The molecule has 1 fully saturated rings. The highest BCUT2D eigenvalue weighted by atomic mass is 19.3. The smallest absolute Gasteiger partial charge is 0.387 e. The van der Waals surface area contributed by atoms with Gasteiger partial charge in [-0.05, 0) is 32.8 Å². The lowest BCUT2D eigenvalue weighted by Crippen LogP contribution is -2.46. The second-order valence-electron chi connectivity index (χ2n) is 9.73. The van der Waals surface area contributed by atoms with Gasteiger partial charge in [-0.2, -0.15) is 8.78 Å². The predicted molar refractivity (Wildman–Crippen MR) is 134 cm³/mol. The molecule has 1 N–H and O–H groups in total. The summed E-state index contributed by atoms with van der Waals surface area (Å²) in [6.45, 7) is 1.46. The molecular formula is C27H26F3N5O3. The molecule has 4 heterocycles. The lowest BCUT2D eigenvalue weighted by molar-refractivity contribution is -0.148. The molecule has 0 aliphatic carbocycles. The summed E-state index contributed by atoms with van der Waals surface area (Å²) < 4.78 is 47.3. The molecular weight excluding hydrogens is 499 g/mol. The SMILES string of the molecule is Cc1nc2cc(F)c(-c3cnc(N4CCCC(C)(C(=O)O)C4)nc3)cn2c1Cc1ccccc1OC(F)F. The van der Waals surface area contributed by atoms with Crippen molar-refractivity contribution in [1.82, 2.24) is 19.4 Å². The number of aliphatic carboxylic acids is 1. The number of ether oxygens (including phenoxy) is 1. The minimum absolute atomic E-state index is 0.0693. The molecule has 1 aliphatic heterocycles. The second-order valence-corrected chi connectivity index (χ2v) is 9.73. The molecule has 1 saturated heterocycles. The lowest BCUT2D eigenvalue weighted by Gasteiger charge is -2.37. The van der Waals surface area contributed by atoms with Crippen molar-refractivity contribution in [1.29, 1.82) is 0 Å². The van der Waals surface area contributed by atoms with Crippen molar-refractivity contribution in [3.8, 4) is 16.9 Å². The Hall–Kier alpha value is -4.15. The van der Waals surface area contributed by atoms with E-state index in [0.29, 0.717) is 53.5 Å². The Morgan fingerprint density at radius 3 is 2.68 bits per heavy atom. The van der Waals surface area contributed by atoms with Crippen LogP contribution in [0.4, 0.5) is 19.1 Å². The number of halogens is 3. The number of carbonyl (C=O) groups is 1. The third kappa shape index (κ3) is 4.88. The standard InChI is InChI=1S/C27H26F3N5O3/c1-16-21(10-17-6-3-4-7-22(17)38-25(29)30)35-14-19(20(28)11-23(35)33-16)18-12-31-26(32-13-18)34-9-5-8-27(2,15-34)24(36)37/h3-4,6-7,11-14,25H,5,8-10,15H2,1-2H3,(H,36,37). The van der Waals surface area contributed by atoms with Crippen LogP contribution in [0, 0.1) is 18.2 Å². The van der Waals surface area contributed by atoms with Crippen LogP contribution in [0.5, 0.6) is 5.75 Å². The van der Waals surface area contributed by atoms with Crippen LogP contribution in [-0.4, -0.2) is 50.1 Å². The maximum absolute atomic E-state index is 15.1. The summed E-state index contributed by atoms with van der Waals surface area (Å²) in [6, 6.07) is 7.84. The third-order valence-electron chi connectivity index (χ3n) is 7.00. The Morgan fingerprint density at radius 1 is 1.24 bits per heavy atom. The molecule has 4 aromatic rings. The number of hydrogen-bond donors (Lipinski definition) is 1. The van der Waals surface area contributed by atoms with Gasteiger partial charge in [-0.1, -0.05) is 18.2 Å². The number of fused-ring (bicyclic) bond motifs is 1. The van der Waals surface area contributed by atoms with E-state index in [2.05, 4.69) is 19.7 Å². The molecule has 0 spiro atoms. The number of carboxylic acids is 1. The van der Waals surface area contributed by atoms with Gasteiger partial charge in [0.1, 0.15) is 17.2 Å². The number of imidazole rings is 1. The van der Waals surface area contributed by atoms with Crippen molar-refractivity contribution in [2.45, 2.75) is 39.7 Å². The van der Waals surface area contributed by atoms with E-state index in [1.165, 1.54) is 24.5 Å². The zero-order chi connectivity index (χ0) is 27.0. The number of hydrogen-bond acceptors (Lipinski definition) is 6. The number of pyridine rings is 1. The summed E-state index contributed by atoms with van der Waals surface area (Å²) in [5, 5.41) is 9.59. The highest BCUT2D eigenvalue weighted by molar-refractivity contribution is 5.75. The van der Waals surface area contributed by atoms with Gasteiger partial charge >= 0.3 is 12.6 Å². The minimum atomic E-state index is -2.95. The number of rotatable bonds is 7. The van der Waals surface area contributed by atoms with E-state index < -0.39 is 23.8 Å². The summed E-state index contributed by atoms with van der Waals surface area (Å²) in [4.78, 5) is 26.8. The number of piperidine rings is 1. The van der Waals surface area contributed by atoms with Gasteiger partial charge in [0.05, 0.1) is 11.1 Å². The van der Waals surface area contributed by atoms with Crippen LogP contribution in [0.15, 0.2) is 48.9 Å². The van der Waals surface area contributed by atoms with Crippen LogP contribution in [0.25, 0.3) is 16.8 Å².